The van der Waals surface area contributed by atoms with Gasteiger partial charge in [0.15, 0.2) is 5.65 Å². The number of fused-ring (bicyclic) bond motifs is 1. The van der Waals surface area contributed by atoms with Gasteiger partial charge in [0.2, 0.25) is 0 Å². The predicted octanol–water partition coefficient (Wildman–Crippen LogP) is 2.00. The normalized spacial score (nSPS) is 10.9. The van der Waals surface area contributed by atoms with E-state index in [1.165, 1.54) is 16.8 Å². The first-order chi connectivity index (χ1) is 8.27. The molecular formula is C13H11N3O. The highest BCUT2D eigenvalue weighted by molar-refractivity contribution is 5.69. The van der Waals surface area contributed by atoms with E-state index in [-0.39, 0.29) is 5.56 Å². The maximum Gasteiger partial charge on any atom is 0.272 e. The summed E-state index contributed by atoms with van der Waals surface area (Å²) in [5.41, 5.74) is 3.54. The van der Waals surface area contributed by atoms with Crippen molar-refractivity contribution in [1.29, 1.82) is 0 Å². The van der Waals surface area contributed by atoms with Crippen LogP contribution in [0.2, 0.25) is 0 Å². The Labute approximate surface area is 97.5 Å². The van der Waals surface area contributed by atoms with Crippen LogP contribution in [-0.4, -0.2) is 14.6 Å². The lowest BCUT2D eigenvalue weighted by Gasteiger charge is -1.97. The number of hydrogen-bond donors (Lipinski definition) is 1. The van der Waals surface area contributed by atoms with Crippen molar-refractivity contribution < 1.29 is 0 Å². The van der Waals surface area contributed by atoms with Crippen LogP contribution in [0.3, 0.4) is 0 Å². The second-order valence-electron chi connectivity index (χ2n) is 3.92. The van der Waals surface area contributed by atoms with Crippen LogP contribution in [-0.2, 0) is 0 Å². The lowest BCUT2D eigenvalue weighted by Crippen LogP contribution is -2.12. The van der Waals surface area contributed by atoms with Crippen LogP contribution >= 0.6 is 0 Å². The first-order valence-corrected chi connectivity index (χ1v) is 5.39. The molecule has 0 unspecified atom stereocenters. The van der Waals surface area contributed by atoms with Crippen molar-refractivity contribution in [3.05, 3.63) is 58.5 Å². The molecule has 2 heterocycles. The molecular weight excluding hydrogens is 214 g/mol. The summed E-state index contributed by atoms with van der Waals surface area (Å²) in [5.74, 6) is 0. The smallest absolute Gasteiger partial charge is 0.272 e. The SMILES string of the molecule is Cc1c(-c2ccccc2)[nH]n2c(=O)ccnc12. The summed E-state index contributed by atoms with van der Waals surface area (Å²) in [6.45, 7) is 1.96. The molecule has 0 radical (unpaired) electrons. The fourth-order valence-electron chi connectivity index (χ4n) is 1.97. The van der Waals surface area contributed by atoms with Gasteiger partial charge in [-0.2, -0.15) is 0 Å². The quantitative estimate of drug-likeness (QED) is 0.688. The Morgan fingerprint density at radius 3 is 2.65 bits per heavy atom. The molecule has 0 fully saturated rings. The molecule has 0 spiro atoms. The van der Waals surface area contributed by atoms with Crippen LogP contribution in [0, 0.1) is 6.92 Å². The van der Waals surface area contributed by atoms with Gasteiger partial charge in [-0.3, -0.25) is 9.89 Å². The zero-order chi connectivity index (χ0) is 11.8. The average molecular weight is 225 g/mol. The van der Waals surface area contributed by atoms with Gasteiger partial charge in [-0.15, -0.1) is 0 Å². The highest BCUT2D eigenvalue weighted by Gasteiger charge is 2.10. The molecule has 3 aromatic rings. The van der Waals surface area contributed by atoms with Gasteiger partial charge in [-0.05, 0) is 12.5 Å². The standard InChI is InChI=1S/C13H11N3O/c1-9-12(10-5-3-2-4-6-10)15-16-11(17)7-8-14-13(9)16/h2-8,15H,1H3. The van der Waals surface area contributed by atoms with Crippen LogP contribution in [0.15, 0.2) is 47.4 Å². The Hall–Kier alpha value is -2.36. The Morgan fingerprint density at radius 1 is 1.18 bits per heavy atom. The molecule has 4 nitrogen and oxygen atoms in total. The number of aromatic nitrogens is 3. The topological polar surface area (TPSA) is 50.2 Å². The number of H-pyrrole nitrogens is 1. The molecule has 17 heavy (non-hydrogen) atoms. The first-order valence-electron chi connectivity index (χ1n) is 5.39. The molecule has 0 aliphatic rings. The van der Waals surface area contributed by atoms with Crippen molar-refractivity contribution >= 4 is 5.65 Å². The summed E-state index contributed by atoms with van der Waals surface area (Å²) in [7, 11) is 0. The van der Waals surface area contributed by atoms with E-state index < -0.39 is 0 Å². The van der Waals surface area contributed by atoms with Gasteiger partial charge >= 0.3 is 0 Å². The van der Waals surface area contributed by atoms with Crippen molar-refractivity contribution in [1.82, 2.24) is 14.6 Å². The summed E-state index contributed by atoms with van der Waals surface area (Å²) >= 11 is 0. The van der Waals surface area contributed by atoms with E-state index in [9.17, 15) is 4.79 Å². The third kappa shape index (κ3) is 1.45. The third-order valence-electron chi connectivity index (χ3n) is 2.84. The van der Waals surface area contributed by atoms with E-state index in [1.54, 1.807) is 0 Å². The molecule has 1 N–H and O–H groups in total. The minimum absolute atomic E-state index is 0.0970. The summed E-state index contributed by atoms with van der Waals surface area (Å²) in [5, 5.41) is 3.09. The number of aryl methyl sites for hydroxylation is 1. The molecule has 0 aliphatic carbocycles. The molecule has 3 rings (SSSR count). The highest BCUT2D eigenvalue weighted by atomic mass is 16.1. The molecule has 4 heteroatoms. The summed E-state index contributed by atoms with van der Waals surface area (Å²) in [6, 6.07) is 11.3. The van der Waals surface area contributed by atoms with Gasteiger partial charge in [-0.1, -0.05) is 30.3 Å². The molecule has 0 amide bonds. The minimum atomic E-state index is -0.0970. The molecule has 0 aliphatic heterocycles. The zero-order valence-corrected chi connectivity index (χ0v) is 9.34. The van der Waals surface area contributed by atoms with Crippen LogP contribution in [0.25, 0.3) is 16.9 Å². The molecule has 0 atom stereocenters. The maximum absolute atomic E-state index is 11.7. The van der Waals surface area contributed by atoms with Crippen molar-refractivity contribution in [3.8, 4) is 11.3 Å². The van der Waals surface area contributed by atoms with Crippen molar-refractivity contribution in [2.24, 2.45) is 0 Å². The van der Waals surface area contributed by atoms with Gasteiger partial charge in [0.25, 0.3) is 5.56 Å². The minimum Gasteiger partial charge on any atom is -0.289 e. The molecule has 0 bridgehead atoms. The summed E-state index contributed by atoms with van der Waals surface area (Å²) in [6.07, 6.45) is 1.54. The van der Waals surface area contributed by atoms with E-state index in [0.717, 1.165) is 16.8 Å². The summed E-state index contributed by atoms with van der Waals surface area (Å²) < 4.78 is 1.47. The third-order valence-corrected chi connectivity index (χ3v) is 2.84. The Bertz CT molecular complexity index is 725. The Morgan fingerprint density at radius 2 is 1.94 bits per heavy atom. The second-order valence-corrected chi connectivity index (χ2v) is 3.92. The average Bonchev–Trinajstić information content (AvgIpc) is 2.70. The van der Waals surface area contributed by atoms with Gasteiger partial charge in [0.05, 0.1) is 5.69 Å². The van der Waals surface area contributed by atoms with E-state index in [4.69, 9.17) is 0 Å². The Kier molecular flexibility index (Phi) is 2.08. The first kappa shape index (κ1) is 9.84. The monoisotopic (exact) mass is 225 g/mol. The van der Waals surface area contributed by atoms with Crippen LogP contribution in [0.1, 0.15) is 5.56 Å². The van der Waals surface area contributed by atoms with E-state index in [0.29, 0.717) is 5.65 Å². The van der Waals surface area contributed by atoms with Gasteiger partial charge in [-0.25, -0.2) is 9.50 Å². The molecule has 2 aromatic heterocycles. The molecule has 0 saturated heterocycles. The lowest BCUT2D eigenvalue weighted by molar-refractivity contribution is 0.902. The van der Waals surface area contributed by atoms with Gasteiger partial charge in [0.1, 0.15) is 0 Å². The fraction of sp³-hybridized carbons (Fsp3) is 0.0769. The van der Waals surface area contributed by atoms with E-state index in [2.05, 4.69) is 10.1 Å². The van der Waals surface area contributed by atoms with Crippen molar-refractivity contribution in [2.45, 2.75) is 6.92 Å². The maximum atomic E-state index is 11.7. The van der Waals surface area contributed by atoms with E-state index in [1.807, 2.05) is 37.3 Å². The molecule has 1 aromatic carbocycles. The number of nitrogens with one attached hydrogen (secondary N) is 1. The molecule has 84 valence electrons. The van der Waals surface area contributed by atoms with E-state index >= 15 is 0 Å². The van der Waals surface area contributed by atoms with Gasteiger partial charge in [0, 0.05) is 17.8 Å². The molecule has 0 saturated carbocycles. The van der Waals surface area contributed by atoms with Crippen molar-refractivity contribution in [3.63, 3.8) is 0 Å². The highest BCUT2D eigenvalue weighted by Crippen LogP contribution is 2.22. The second kappa shape index (κ2) is 3.59. The number of hydrogen-bond acceptors (Lipinski definition) is 2. The zero-order valence-electron chi connectivity index (χ0n) is 9.34. The number of nitrogens with zero attached hydrogens (tertiary/aromatic N) is 2. The van der Waals surface area contributed by atoms with Crippen molar-refractivity contribution in [2.75, 3.05) is 0 Å². The fourth-order valence-corrected chi connectivity index (χ4v) is 1.97. The van der Waals surface area contributed by atoms with Gasteiger partial charge < -0.3 is 0 Å². The number of aromatic amines is 1. The predicted molar refractivity (Wildman–Crippen MR) is 66.0 cm³/mol. The number of benzene rings is 1. The largest absolute Gasteiger partial charge is 0.289 e. The number of rotatable bonds is 1. The summed E-state index contributed by atoms with van der Waals surface area (Å²) in [4.78, 5) is 15.9. The van der Waals surface area contributed by atoms with Crippen LogP contribution < -0.4 is 5.56 Å². The Balaban J connectivity index is 2.36. The van der Waals surface area contributed by atoms with Crippen LogP contribution in [0.4, 0.5) is 0 Å². The lowest BCUT2D eigenvalue weighted by atomic mass is 10.1. The van der Waals surface area contributed by atoms with Crippen LogP contribution in [0.5, 0.6) is 0 Å².